The van der Waals surface area contributed by atoms with E-state index in [1.807, 2.05) is 41.2 Å². The molecule has 0 N–H and O–H groups in total. The molecule has 0 fully saturated rings. The monoisotopic (exact) mass is 216 g/mol. The van der Waals surface area contributed by atoms with Gasteiger partial charge < -0.3 is 4.74 Å². The highest BCUT2D eigenvalue weighted by Gasteiger charge is 2.05. The molecular weight excluding hydrogens is 200 g/mol. The van der Waals surface area contributed by atoms with Gasteiger partial charge in [-0.15, -0.1) is 0 Å². The van der Waals surface area contributed by atoms with Crippen LogP contribution in [0.25, 0.3) is 11.3 Å². The molecule has 0 unspecified atom stereocenters. The SMILES string of the molecule is COc1cccc(-c2ccn(C(C)C)n2)c1. The van der Waals surface area contributed by atoms with Gasteiger partial charge in [0, 0.05) is 17.8 Å². The second-order valence-corrected chi connectivity index (χ2v) is 4.01. The highest BCUT2D eigenvalue weighted by Crippen LogP contribution is 2.22. The minimum Gasteiger partial charge on any atom is -0.497 e. The zero-order valence-electron chi connectivity index (χ0n) is 9.84. The first kappa shape index (κ1) is 10.7. The maximum atomic E-state index is 5.20. The molecule has 0 atom stereocenters. The van der Waals surface area contributed by atoms with Crippen molar-refractivity contribution in [2.24, 2.45) is 0 Å². The Hall–Kier alpha value is -1.77. The van der Waals surface area contributed by atoms with E-state index in [9.17, 15) is 0 Å². The zero-order chi connectivity index (χ0) is 11.5. The molecule has 84 valence electrons. The van der Waals surface area contributed by atoms with Crippen LogP contribution in [-0.4, -0.2) is 16.9 Å². The molecule has 0 amide bonds. The molecule has 1 aromatic carbocycles. The van der Waals surface area contributed by atoms with Crippen LogP contribution in [0.1, 0.15) is 19.9 Å². The van der Waals surface area contributed by atoms with Crippen LogP contribution >= 0.6 is 0 Å². The molecule has 3 nitrogen and oxygen atoms in total. The molecule has 1 heterocycles. The molecule has 0 aliphatic rings. The van der Waals surface area contributed by atoms with Gasteiger partial charge in [0.25, 0.3) is 0 Å². The minimum absolute atomic E-state index is 0.388. The Morgan fingerprint density at radius 3 is 2.69 bits per heavy atom. The molecule has 0 spiro atoms. The minimum atomic E-state index is 0.388. The van der Waals surface area contributed by atoms with Gasteiger partial charge in [0.05, 0.1) is 12.8 Å². The van der Waals surface area contributed by atoms with Crippen molar-refractivity contribution in [3.8, 4) is 17.0 Å². The van der Waals surface area contributed by atoms with E-state index in [2.05, 4.69) is 18.9 Å². The number of hydrogen-bond donors (Lipinski definition) is 0. The summed E-state index contributed by atoms with van der Waals surface area (Å²) in [6, 6.07) is 10.3. The third-order valence-corrected chi connectivity index (χ3v) is 2.50. The Kier molecular flexibility index (Phi) is 2.95. The van der Waals surface area contributed by atoms with Crippen LogP contribution in [0.2, 0.25) is 0 Å². The number of rotatable bonds is 3. The van der Waals surface area contributed by atoms with Crippen LogP contribution in [-0.2, 0) is 0 Å². The molecule has 1 aromatic heterocycles. The Bertz CT molecular complexity index is 474. The summed E-state index contributed by atoms with van der Waals surface area (Å²) in [7, 11) is 1.67. The van der Waals surface area contributed by atoms with E-state index in [1.54, 1.807) is 7.11 Å². The predicted molar refractivity (Wildman–Crippen MR) is 64.6 cm³/mol. The summed E-state index contributed by atoms with van der Waals surface area (Å²) in [4.78, 5) is 0. The molecule has 0 saturated carbocycles. The van der Waals surface area contributed by atoms with E-state index in [0.717, 1.165) is 17.0 Å². The third-order valence-electron chi connectivity index (χ3n) is 2.50. The summed E-state index contributed by atoms with van der Waals surface area (Å²) in [6.45, 7) is 4.23. The fourth-order valence-electron chi connectivity index (χ4n) is 1.56. The number of nitrogens with zero attached hydrogens (tertiary/aromatic N) is 2. The van der Waals surface area contributed by atoms with Gasteiger partial charge in [0.1, 0.15) is 5.75 Å². The van der Waals surface area contributed by atoms with Crippen LogP contribution in [0.3, 0.4) is 0 Å². The van der Waals surface area contributed by atoms with E-state index in [1.165, 1.54) is 0 Å². The van der Waals surface area contributed by atoms with Crippen LogP contribution in [0.4, 0.5) is 0 Å². The standard InChI is InChI=1S/C13H16N2O/c1-10(2)15-8-7-13(14-15)11-5-4-6-12(9-11)16-3/h4-10H,1-3H3. The lowest BCUT2D eigenvalue weighted by molar-refractivity contribution is 0.415. The second-order valence-electron chi connectivity index (χ2n) is 4.01. The molecule has 0 aliphatic carbocycles. The van der Waals surface area contributed by atoms with Gasteiger partial charge in [0.2, 0.25) is 0 Å². The van der Waals surface area contributed by atoms with Gasteiger partial charge in [-0.05, 0) is 32.0 Å². The average molecular weight is 216 g/mol. The number of hydrogen-bond acceptors (Lipinski definition) is 2. The fourth-order valence-corrected chi connectivity index (χ4v) is 1.56. The molecule has 3 heteroatoms. The Labute approximate surface area is 95.7 Å². The molecule has 0 radical (unpaired) electrons. The van der Waals surface area contributed by atoms with Crippen LogP contribution in [0, 0.1) is 0 Å². The summed E-state index contributed by atoms with van der Waals surface area (Å²) < 4.78 is 7.15. The summed E-state index contributed by atoms with van der Waals surface area (Å²) >= 11 is 0. The largest absolute Gasteiger partial charge is 0.497 e. The van der Waals surface area contributed by atoms with Gasteiger partial charge in [-0.2, -0.15) is 5.10 Å². The van der Waals surface area contributed by atoms with Crippen molar-refractivity contribution in [3.63, 3.8) is 0 Å². The summed E-state index contributed by atoms with van der Waals surface area (Å²) in [5.41, 5.74) is 2.06. The van der Waals surface area contributed by atoms with Crippen molar-refractivity contribution in [1.82, 2.24) is 9.78 Å². The van der Waals surface area contributed by atoms with E-state index in [-0.39, 0.29) is 0 Å². The molecule has 0 aliphatic heterocycles. The smallest absolute Gasteiger partial charge is 0.119 e. The van der Waals surface area contributed by atoms with Crippen LogP contribution < -0.4 is 4.74 Å². The molecule has 2 rings (SSSR count). The van der Waals surface area contributed by atoms with Crippen molar-refractivity contribution in [2.45, 2.75) is 19.9 Å². The van der Waals surface area contributed by atoms with E-state index in [4.69, 9.17) is 4.74 Å². The fraction of sp³-hybridized carbons (Fsp3) is 0.308. The van der Waals surface area contributed by atoms with Crippen LogP contribution in [0.15, 0.2) is 36.5 Å². The van der Waals surface area contributed by atoms with Gasteiger partial charge in [-0.25, -0.2) is 0 Å². The van der Waals surface area contributed by atoms with Crippen molar-refractivity contribution in [1.29, 1.82) is 0 Å². The molecule has 0 bridgehead atoms. The average Bonchev–Trinajstić information content (AvgIpc) is 2.78. The highest BCUT2D eigenvalue weighted by atomic mass is 16.5. The van der Waals surface area contributed by atoms with Crippen molar-refractivity contribution >= 4 is 0 Å². The molecule has 16 heavy (non-hydrogen) atoms. The van der Waals surface area contributed by atoms with Gasteiger partial charge in [-0.1, -0.05) is 12.1 Å². The lowest BCUT2D eigenvalue weighted by Crippen LogP contribution is -2.00. The zero-order valence-corrected chi connectivity index (χ0v) is 9.84. The van der Waals surface area contributed by atoms with Crippen LogP contribution in [0.5, 0.6) is 5.75 Å². The summed E-state index contributed by atoms with van der Waals surface area (Å²) in [5, 5.41) is 4.52. The van der Waals surface area contributed by atoms with E-state index >= 15 is 0 Å². The first-order valence-corrected chi connectivity index (χ1v) is 5.40. The maximum Gasteiger partial charge on any atom is 0.119 e. The van der Waals surface area contributed by atoms with Crippen molar-refractivity contribution in [3.05, 3.63) is 36.5 Å². The van der Waals surface area contributed by atoms with Crippen molar-refractivity contribution < 1.29 is 4.74 Å². The first-order valence-electron chi connectivity index (χ1n) is 5.40. The van der Waals surface area contributed by atoms with E-state index in [0.29, 0.717) is 6.04 Å². The normalized spacial score (nSPS) is 10.8. The Morgan fingerprint density at radius 1 is 1.25 bits per heavy atom. The number of benzene rings is 1. The molecular formula is C13H16N2O. The Morgan fingerprint density at radius 2 is 2.06 bits per heavy atom. The van der Waals surface area contributed by atoms with Crippen molar-refractivity contribution in [2.75, 3.05) is 7.11 Å². The third kappa shape index (κ3) is 2.08. The Balaban J connectivity index is 2.34. The van der Waals surface area contributed by atoms with Gasteiger partial charge in [0.15, 0.2) is 0 Å². The number of aromatic nitrogens is 2. The number of methoxy groups -OCH3 is 1. The quantitative estimate of drug-likeness (QED) is 0.788. The first-order chi connectivity index (χ1) is 7.70. The highest BCUT2D eigenvalue weighted by molar-refractivity contribution is 5.60. The summed E-state index contributed by atoms with van der Waals surface area (Å²) in [5.74, 6) is 0.858. The number of ether oxygens (including phenoxy) is 1. The maximum absolute atomic E-state index is 5.20. The van der Waals surface area contributed by atoms with E-state index < -0.39 is 0 Å². The lowest BCUT2D eigenvalue weighted by atomic mass is 10.1. The summed E-state index contributed by atoms with van der Waals surface area (Å²) in [6.07, 6.45) is 2.00. The topological polar surface area (TPSA) is 27.1 Å². The molecule has 2 aromatic rings. The second kappa shape index (κ2) is 4.39. The van der Waals surface area contributed by atoms with Gasteiger partial charge in [-0.3, -0.25) is 4.68 Å². The predicted octanol–water partition coefficient (Wildman–Crippen LogP) is 3.14. The lowest BCUT2D eigenvalue weighted by Gasteiger charge is -2.04. The molecule has 0 saturated heterocycles. The van der Waals surface area contributed by atoms with Gasteiger partial charge >= 0.3 is 0 Å².